The van der Waals surface area contributed by atoms with Gasteiger partial charge in [-0.1, -0.05) is 29.8 Å². The lowest BCUT2D eigenvalue weighted by Crippen LogP contribution is -2.31. The molecule has 0 N–H and O–H groups in total. The molecule has 4 aromatic rings. The predicted molar refractivity (Wildman–Crippen MR) is 125 cm³/mol. The quantitative estimate of drug-likeness (QED) is 0.383. The van der Waals surface area contributed by atoms with E-state index in [1.54, 1.807) is 18.2 Å². The van der Waals surface area contributed by atoms with Gasteiger partial charge in [-0.05, 0) is 54.8 Å². The van der Waals surface area contributed by atoms with Crippen LogP contribution in [0.5, 0.6) is 5.75 Å². The minimum Gasteiger partial charge on any atom is -0.497 e. The summed E-state index contributed by atoms with van der Waals surface area (Å²) in [4.78, 5) is 27.8. The Morgan fingerprint density at radius 2 is 1.84 bits per heavy atom. The molecule has 2 aromatic carbocycles. The molecule has 0 bridgehead atoms. The van der Waals surface area contributed by atoms with Crippen LogP contribution in [0, 0.1) is 13.8 Å². The number of fused-ring (bicyclic) bond motifs is 1. The fourth-order valence-corrected chi connectivity index (χ4v) is 3.89. The summed E-state index contributed by atoms with van der Waals surface area (Å²) in [5.74, 6) is 0.527. The molecule has 0 aliphatic heterocycles. The number of pyridine rings is 1. The zero-order chi connectivity index (χ0) is 22.7. The molecule has 32 heavy (non-hydrogen) atoms. The maximum absolute atomic E-state index is 13.3. The number of hydrogen-bond acceptors (Lipinski definition) is 5. The van der Waals surface area contributed by atoms with Crippen molar-refractivity contribution in [3.8, 4) is 5.75 Å². The van der Waals surface area contributed by atoms with Gasteiger partial charge in [-0.25, -0.2) is 9.97 Å². The summed E-state index contributed by atoms with van der Waals surface area (Å²) in [7, 11) is 1.62. The van der Waals surface area contributed by atoms with Gasteiger partial charge in [-0.2, -0.15) is 0 Å². The molecule has 0 spiro atoms. The van der Waals surface area contributed by atoms with Gasteiger partial charge in [-0.3, -0.25) is 9.78 Å². The van der Waals surface area contributed by atoms with E-state index in [0.717, 1.165) is 38.9 Å². The van der Waals surface area contributed by atoms with Gasteiger partial charge in [0.25, 0.3) is 5.91 Å². The highest BCUT2D eigenvalue weighted by molar-refractivity contribution is 6.30. The minimum atomic E-state index is -0.231. The monoisotopic (exact) mass is 446 g/mol. The van der Waals surface area contributed by atoms with E-state index in [4.69, 9.17) is 16.3 Å². The molecule has 0 unspecified atom stereocenters. The van der Waals surface area contributed by atoms with Crippen molar-refractivity contribution in [2.45, 2.75) is 26.9 Å². The molecule has 1 amide bonds. The normalized spacial score (nSPS) is 10.9. The van der Waals surface area contributed by atoms with Crippen molar-refractivity contribution in [3.63, 3.8) is 0 Å². The number of rotatable bonds is 6. The second-order valence-electron chi connectivity index (χ2n) is 7.69. The number of halogens is 1. The van der Waals surface area contributed by atoms with E-state index in [1.165, 1.54) is 12.4 Å². The molecule has 0 aliphatic rings. The number of ether oxygens (including phenoxy) is 1. The summed E-state index contributed by atoms with van der Waals surface area (Å²) >= 11 is 6.55. The van der Waals surface area contributed by atoms with Gasteiger partial charge >= 0.3 is 0 Å². The Bertz CT molecular complexity index is 1260. The molecule has 7 heteroatoms. The third-order valence-corrected chi connectivity index (χ3v) is 5.60. The van der Waals surface area contributed by atoms with E-state index < -0.39 is 0 Å². The Kier molecular flexibility index (Phi) is 6.32. The lowest BCUT2D eigenvalue weighted by molar-refractivity contribution is 0.0723. The van der Waals surface area contributed by atoms with Gasteiger partial charge in [0.15, 0.2) is 0 Å². The summed E-state index contributed by atoms with van der Waals surface area (Å²) in [6.45, 7) is 4.75. The molecule has 0 fully saturated rings. The highest BCUT2D eigenvalue weighted by Gasteiger charge is 2.20. The molecule has 162 valence electrons. The number of hydrogen-bond donors (Lipinski definition) is 0. The third kappa shape index (κ3) is 4.70. The molecule has 2 aromatic heterocycles. The molecular weight excluding hydrogens is 424 g/mol. The second-order valence-corrected chi connectivity index (χ2v) is 8.04. The first-order valence-corrected chi connectivity index (χ1v) is 10.6. The van der Waals surface area contributed by atoms with E-state index in [9.17, 15) is 4.79 Å². The summed E-state index contributed by atoms with van der Waals surface area (Å²) < 4.78 is 5.24. The Balaban J connectivity index is 1.71. The molecule has 2 heterocycles. The zero-order valence-corrected chi connectivity index (χ0v) is 18.9. The van der Waals surface area contributed by atoms with Crippen LogP contribution >= 0.6 is 11.6 Å². The molecule has 0 radical (unpaired) electrons. The van der Waals surface area contributed by atoms with Crippen LogP contribution in [0.2, 0.25) is 5.15 Å². The number of benzene rings is 2. The van der Waals surface area contributed by atoms with Gasteiger partial charge < -0.3 is 9.64 Å². The van der Waals surface area contributed by atoms with Gasteiger partial charge in [0, 0.05) is 36.4 Å². The Morgan fingerprint density at radius 1 is 1.06 bits per heavy atom. The molecule has 4 rings (SSSR count). The Hall–Kier alpha value is -3.51. The smallest absolute Gasteiger partial charge is 0.274 e. The average Bonchev–Trinajstić information content (AvgIpc) is 2.80. The van der Waals surface area contributed by atoms with Gasteiger partial charge in [0.1, 0.15) is 16.6 Å². The topological polar surface area (TPSA) is 68.2 Å². The van der Waals surface area contributed by atoms with E-state index in [2.05, 4.69) is 27.9 Å². The summed E-state index contributed by atoms with van der Waals surface area (Å²) in [5, 5.41) is 1.40. The number of amides is 1. The van der Waals surface area contributed by atoms with Crippen LogP contribution < -0.4 is 4.74 Å². The van der Waals surface area contributed by atoms with Crippen molar-refractivity contribution in [3.05, 3.63) is 94.2 Å². The summed E-state index contributed by atoms with van der Waals surface area (Å²) in [6.07, 6.45) is 4.52. The van der Waals surface area contributed by atoms with E-state index >= 15 is 0 Å². The maximum Gasteiger partial charge on any atom is 0.274 e. The van der Waals surface area contributed by atoms with Crippen molar-refractivity contribution in [1.29, 1.82) is 0 Å². The van der Waals surface area contributed by atoms with Crippen LogP contribution in [0.25, 0.3) is 10.9 Å². The number of aryl methyl sites for hydroxylation is 2. The fourth-order valence-electron chi connectivity index (χ4n) is 3.69. The van der Waals surface area contributed by atoms with Crippen LogP contribution in [0.15, 0.2) is 61.1 Å². The van der Waals surface area contributed by atoms with Gasteiger partial charge in [-0.15, -0.1) is 0 Å². The van der Waals surface area contributed by atoms with Crippen molar-refractivity contribution < 1.29 is 9.53 Å². The van der Waals surface area contributed by atoms with Gasteiger partial charge in [0.2, 0.25) is 0 Å². The largest absolute Gasteiger partial charge is 0.497 e. The SMILES string of the molecule is COc1ccc(CN(Cc2cc3c(C)cc(C)cc3nc2Cl)C(=O)c2cnccn2)cc1. The number of carbonyl (C=O) groups excluding carboxylic acids is 1. The Labute approximate surface area is 191 Å². The molecule has 0 saturated heterocycles. The number of nitrogens with zero attached hydrogens (tertiary/aromatic N) is 4. The molecule has 6 nitrogen and oxygen atoms in total. The highest BCUT2D eigenvalue weighted by Crippen LogP contribution is 2.26. The minimum absolute atomic E-state index is 0.231. The van der Waals surface area contributed by atoms with E-state index in [0.29, 0.717) is 11.7 Å². The molecular formula is C25H23ClN4O2. The summed E-state index contributed by atoms with van der Waals surface area (Å²) in [5.41, 5.74) is 5.10. The number of carbonyl (C=O) groups is 1. The number of methoxy groups -OCH3 is 1. The van der Waals surface area contributed by atoms with E-state index in [1.807, 2.05) is 43.3 Å². The first kappa shape index (κ1) is 21.7. The van der Waals surface area contributed by atoms with Crippen molar-refractivity contribution in [2.75, 3.05) is 7.11 Å². The lowest BCUT2D eigenvalue weighted by Gasteiger charge is -2.23. The standard InChI is InChI=1S/C25H23ClN4O2/c1-16-10-17(2)21-12-19(24(26)29-22(21)11-16)15-30(25(31)23-13-27-8-9-28-23)14-18-4-6-20(32-3)7-5-18/h4-13H,14-15H2,1-3H3. The first-order chi connectivity index (χ1) is 15.4. The first-order valence-electron chi connectivity index (χ1n) is 10.2. The number of aromatic nitrogens is 3. The van der Waals surface area contributed by atoms with Crippen LogP contribution in [-0.4, -0.2) is 32.9 Å². The van der Waals surface area contributed by atoms with Crippen LogP contribution in [-0.2, 0) is 13.1 Å². The Morgan fingerprint density at radius 3 is 2.53 bits per heavy atom. The average molecular weight is 447 g/mol. The zero-order valence-electron chi connectivity index (χ0n) is 18.2. The third-order valence-electron chi connectivity index (χ3n) is 5.27. The van der Waals surface area contributed by atoms with Crippen LogP contribution in [0.1, 0.15) is 32.7 Å². The van der Waals surface area contributed by atoms with Crippen molar-refractivity contribution in [1.82, 2.24) is 19.9 Å². The van der Waals surface area contributed by atoms with Crippen LogP contribution in [0.3, 0.4) is 0 Å². The highest BCUT2D eigenvalue weighted by atomic mass is 35.5. The predicted octanol–water partition coefficient (Wildman–Crippen LogP) is 5.15. The molecule has 0 aliphatic carbocycles. The van der Waals surface area contributed by atoms with Gasteiger partial charge in [0.05, 0.1) is 18.8 Å². The van der Waals surface area contributed by atoms with Crippen LogP contribution in [0.4, 0.5) is 0 Å². The lowest BCUT2D eigenvalue weighted by atomic mass is 10.0. The fraction of sp³-hybridized carbons (Fsp3) is 0.200. The molecule has 0 saturated carbocycles. The summed E-state index contributed by atoms with van der Waals surface area (Å²) in [6, 6.07) is 13.8. The molecule has 0 atom stereocenters. The van der Waals surface area contributed by atoms with Crippen molar-refractivity contribution >= 4 is 28.4 Å². The van der Waals surface area contributed by atoms with E-state index in [-0.39, 0.29) is 18.1 Å². The maximum atomic E-state index is 13.3. The van der Waals surface area contributed by atoms with Crippen molar-refractivity contribution in [2.24, 2.45) is 0 Å². The second kappa shape index (κ2) is 9.32.